The second-order valence-electron chi connectivity index (χ2n) is 2.72. The summed E-state index contributed by atoms with van der Waals surface area (Å²) < 4.78 is 0. The maximum atomic E-state index is 8.78. The van der Waals surface area contributed by atoms with Crippen LogP contribution in [0.5, 0.6) is 0 Å². The zero-order valence-electron chi connectivity index (χ0n) is 7.52. The quantitative estimate of drug-likeness (QED) is 0.574. The van der Waals surface area contributed by atoms with Crippen LogP contribution in [-0.2, 0) is 0 Å². The lowest BCUT2D eigenvalue weighted by molar-refractivity contribution is 0.291. The molecule has 0 saturated carbocycles. The summed E-state index contributed by atoms with van der Waals surface area (Å²) in [7, 11) is 0. The van der Waals surface area contributed by atoms with Gasteiger partial charge in [-0.05, 0) is 18.6 Å². The molecule has 70 valence electrons. The number of hydrogen-bond donors (Lipinski definition) is 1. The zero-order chi connectivity index (χ0) is 9.52. The van der Waals surface area contributed by atoms with Crippen molar-refractivity contribution >= 4 is 11.8 Å². The Labute approximate surface area is 83.5 Å². The Morgan fingerprint density at radius 2 is 2.08 bits per heavy atom. The highest BCUT2D eigenvalue weighted by molar-refractivity contribution is 8.00. The average molecular weight is 194 g/mol. The van der Waals surface area contributed by atoms with Gasteiger partial charge in [0.05, 0.1) is 0 Å². The van der Waals surface area contributed by atoms with Gasteiger partial charge in [0.15, 0.2) is 0 Å². The van der Waals surface area contributed by atoms with E-state index in [9.17, 15) is 0 Å². The topological polar surface area (TPSA) is 20.2 Å². The molecular weight excluding hydrogens is 180 g/mol. The molecule has 0 aliphatic rings. The van der Waals surface area contributed by atoms with Gasteiger partial charge in [-0.1, -0.05) is 24.3 Å². The highest BCUT2D eigenvalue weighted by Crippen LogP contribution is 2.25. The van der Waals surface area contributed by atoms with Crippen molar-refractivity contribution in [1.29, 1.82) is 0 Å². The molecule has 0 unspecified atom stereocenters. The lowest BCUT2D eigenvalue weighted by Crippen LogP contribution is -2.00. The van der Waals surface area contributed by atoms with Crippen LogP contribution < -0.4 is 0 Å². The number of aliphatic hydroxyl groups is 1. The smallest absolute Gasteiger partial charge is 0.0444 e. The number of benzene rings is 1. The molecule has 0 heterocycles. The van der Waals surface area contributed by atoms with Crippen LogP contribution in [0.3, 0.4) is 0 Å². The zero-order valence-corrected chi connectivity index (χ0v) is 8.33. The average Bonchev–Trinajstić information content (AvgIpc) is 2.19. The molecule has 0 amide bonds. The number of rotatable bonds is 5. The predicted octanol–water partition coefficient (Wildman–Crippen LogP) is 2.72. The Morgan fingerprint density at radius 3 is 2.62 bits per heavy atom. The summed E-state index contributed by atoms with van der Waals surface area (Å²) in [6.07, 6.45) is 2.65. The predicted molar refractivity (Wildman–Crippen MR) is 58.0 cm³/mol. The molecule has 0 aliphatic carbocycles. The van der Waals surface area contributed by atoms with Crippen molar-refractivity contribution in [3.05, 3.63) is 43.0 Å². The van der Waals surface area contributed by atoms with E-state index in [0.29, 0.717) is 5.25 Å². The summed E-state index contributed by atoms with van der Waals surface area (Å²) in [6, 6.07) is 10.2. The molecular formula is C11H14OS. The fourth-order valence-corrected chi connectivity index (χ4v) is 2.01. The fourth-order valence-electron chi connectivity index (χ4n) is 1.03. The molecule has 0 aliphatic heterocycles. The minimum absolute atomic E-state index is 0.219. The van der Waals surface area contributed by atoms with Crippen molar-refractivity contribution in [3.63, 3.8) is 0 Å². The van der Waals surface area contributed by atoms with Crippen LogP contribution in [0.1, 0.15) is 6.42 Å². The van der Waals surface area contributed by atoms with Crippen molar-refractivity contribution in [1.82, 2.24) is 0 Å². The van der Waals surface area contributed by atoms with Crippen molar-refractivity contribution in [2.45, 2.75) is 16.6 Å². The monoisotopic (exact) mass is 194 g/mol. The Balaban J connectivity index is 2.51. The van der Waals surface area contributed by atoms with Crippen LogP contribution in [0, 0.1) is 0 Å². The van der Waals surface area contributed by atoms with Gasteiger partial charge in [-0.15, -0.1) is 18.3 Å². The van der Waals surface area contributed by atoms with Crippen LogP contribution in [-0.4, -0.2) is 17.0 Å². The summed E-state index contributed by atoms with van der Waals surface area (Å²) in [5, 5.41) is 9.10. The van der Waals surface area contributed by atoms with Gasteiger partial charge in [0.2, 0.25) is 0 Å². The molecule has 1 aromatic rings. The summed E-state index contributed by atoms with van der Waals surface area (Å²) in [5.41, 5.74) is 0. The summed E-state index contributed by atoms with van der Waals surface area (Å²) in [5.74, 6) is 0. The van der Waals surface area contributed by atoms with Crippen molar-refractivity contribution < 1.29 is 5.11 Å². The highest BCUT2D eigenvalue weighted by Gasteiger charge is 2.04. The summed E-state index contributed by atoms with van der Waals surface area (Å²) in [4.78, 5) is 1.22. The van der Waals surface area contributed by atoms with Crippen molar-refractivity contribution in [3.8, 4) is 0 Å². The minimum atomic E-state index is 0.219. The Kier molecular flexibility index (Phi) is 4.65. The van der Waals surface area contributed by atoms with Crippen LogP contribution in [0.2, 0.25) is 0 Å². The van der Waals surface area contributed by atoms with Crippen LogP contribution in [0.25, 0.3) is 0 Å². The number of hydrogen-bond acceptors (Lipinski definition) is 2. The molecule has 1 nitrogen and oxygen atoms in total. The Morgan fingerprint density at radius 1 is 1.38 bits per heavy atom. The van der Waals surface area contributed by atoms with E-state index in [-0.39, 0.29) is 6.61 Å². The maximum absolute atomic E-state index is 8.78. The van der Waals surface area contributed by atoms with Crippen LogP contribution in [0.15, 0.2) is 47.9 Å². The molecule has 1 N–H and O–H groups in total. The molecule has 2 heteroatoms. The highest BCUT2D eigenvalue weighted by atomic mass is 32.2. The molecule has 0 aromatic heterocycles. The summed E-state index contributed by atoms with van der Waals surface area (Å²) in [6.45, 7) is 3.96. The van der Waals surface area contributed by atoms with Gasteiger partial charge in [-0.25, -0.2) is 0 Å². The van der Waals surface area contributed by atoms with Gasteiger partial charge >= 0.3 is 0 Å². The van der Waals surface area contributed by atoms with Gasteiger partial charge in [0, 0.05) is 16.8 Å². The fraction of sp³-hybridized carbons (Fsp3) is 0.273. The first kappa shape index (κ1) is 10.4. The normalized spacial score (nSPS) is 12.4. The Hall–Kier alpha value is -0.730. The van der Waals surface area contributed by atoms with Gasteiger partial charge in [0.1, 0.15) is 0 Å². The first-order chi connectivity index (χ1) is 6.36. The largest absolute Gasteiger partial charge is 0.396 e. The molecule has 0 bridgehead atoms. The van der Waals surface area contributed by atoms with Crippen LogP contribution in [0.4, 0.5) is 0 Å². The van der Waals surface area contributed by atoms with E-state index < -0.39 is 0 Å². The molecule has 13 heavy (non-hydrogen) atoms. The van der Waals surface area contributed by atoms with Gasteiger partial charge in [0.25, 0.3) is 0 Å². The van der Waals surface area contributed by atoms with E-state index in [4.69, 9.17) is 5.11 Å². The Bertz CT molecular complexity index is 246. The van der Waals surface area contributed by atoms with Crippen LogP contribution >= 0.6 is 11.8 Å². The third-order valence-electron chi connectivity index (χ3n) is 1.71. The minimum Gasteiger partial charge on any atom is -0.396 e. The van der Waals surface area contributed by atoms with E-state index in [0.717, 1.165) is 6.42 Å². The first-order valence-corrected chi connectivity index (χ1v) is 5.20. The van der Waals surface area contributed by atoms with Crippen molar-refractivity contribution in [2.75, 3.05) is 6.61 Å². The standard InChI is InChI=1S/C11H14OS/c1-2-10(8-9-12)13-11-6-4-3-5-7-11/h2-7,10,12H,1,8-9H2/t10-/m1/s1. The molecule has 1 rings (SSSR count). The molecule has 0 saturated heterocycles. The van der Waals surface area contributed by atoms with E-state index >= 15 is 0 Å². The second-order valence-corrected chi connectivity index (χ2v) is 4.03. The van der Waals surface area contributed by atoms with Crippen molar-refractivity contribution in [2.24, 2.45) is 0 Å². The molecule has 1 aromatic carbocycles. The van der Waals surface area contributed by atoms with E-state index in [1.54, 1.807) is 11.8 Å². The maximum Gasteiger partial charge on any atom is 0.0444 e. The third kappa shape index (κ3) is 3.66. The van der Waals surface area contributed by atoms with Gasteiger partial charge < -0.3 is 5.11 Å². The molecule has 0 radical (unpaired) electrons. The van der Waals surface area contributed by atoms with E-state index in [1.165, 1.54) is 4.90 Å². The van der Waals surface area contributed by atoms with E-state index in [2.05, 4.69) is 18.7 Å². The number of thioether (sulfide) groups is 1. The van der Waals surface area contributed by atoms with Gasteiger partial charge in [-0.2, -0.15) is 0 Å². The number of aliphatic hydroxyl groups excluding tert-OH is 1. The first-order valence-electron chi connectivity index (χ1n) is 4.32. The molecule has 0 spiro atoms. The summed E-state index contributed by atoms with van der Waals surface area (Å²) >= 11 is 1.74. The molecule has 1 atom stereocenters. The third-order valence-corrected chi connectivity index (χ3v) is 2.98. The second kappa shape index (κ2) is 5.84. The lowest BCUT2D eigenvalue weighted by Gasteiger charge is -2.09. The molecule has 0 fully saturated rings. The van der Waals surface area contributed by atoms with Gasteiger partial charge in [-0.3, -0.25) is 0 Å². The SMILES string of the molecule is C=C[C@H](CCO)Sc1ccccc1. The van der Waals surface area contributed by atoms with E-state index in [1.807, 2.05) is 24.3 Å². The lowest BCUT2D eigenvalue weighted by atomic mass is 10.3.